The second-order valence-corrected chi connectivity index (χ2v) is 10.2. The van der Waals surface area contributed by atoms with E-state index in [1.54, 1.807) is 43.3 Å². The molecule has 0 saturated heterocycles. The first-order chi connectivity index (χ1) is 15.6. The second kappa shape index (κ2) is 10.2. The van der Waals surface area contributed by atoms with Crippen molar-refractivity contribution in [3.05, 3.63) is 82.9 Å². The van der Waals surface area contributed by atoms with Gasteiger partial charge in [0.05, 0.1) is 11.4 Å². The van der Waals surface area contributed by atoms with Crippen molar-refractivity contribution in [2.75, 3.05) is 30.3 Å². The summed E-state index contributed by atoms with van der Waals surface area (Å²) in [7, 11) is -1.09. The summed E-state index contributed by atoms with van der Waals surface area (Å²) in [6.45, 7) is 3.23. The molecule has 0 spiro atoms. The van der Waals surface area contributed by atoms with Crippen molar-refractivity contribution in [3.63, 3.8) is 0 Å². The fourth-order valence-electron chi connectivity index (χ4n) is 3.10. The van der Waals surface area contributed by atoms with Gasteiger partial charge in [-0.05, 0) is 61.4 Å². The van der Waals surface area contributed by atoms with E-state index in [4.69, 9.17) is 16.3 Å². The number of aryl methyl sites for hydroxylation is 2. The quantitative estimate of drug-likeness (QED) is 0.485. The highest BCUT2D eigenvalue weighted by atomic mass is 35.5. The van der Waals surface area contributed by atoms with Crippen LogP contribution in [0.3, 0.4) is 0 Å². The molecule has 174 valence electrons. The molecule has 0 bridgehead atoms. The molecular weight excluding hydrogens is 462 g/mol. The Hall–Kier alpha value is -3.07. The average molecular weight is 488 g/mol. The lowest BCUT2D eigenvalue weighted by Gasteiger charge is -2.28. The van der Waals surface area contributed by atoms with Crippen LogP contribution in [0.5, 0.6) is 11.5 Å². The standard InChI is InChI=1S/C24H26ClN3O4S/c1-17-10-11-18(2)22(14-17)28(33(30,31)27(3)4)16-24(29)26-21-15-19(25)12-13-23(21)32-20-8-6-5-7-9-20/h5-15H,16H2,1-4H3,(H,26,29). The predicted octanol–water partition coefficient (Wildman–Crippen LogP) is 5.00. The maximum atomic E-state index is 13.1. The monoisotopic (exact) mass is 487 g/mol. The molecule has 0 heterocycles. The smallest absolute Gasteiger partial charge is 0.304 e. The van der Waals surface area contributed by atoms with Crippen molar-refractivity contribution in [2.45, 2.75) is 13.8 Å². The van der Waals surface area contributed by atoms with E-state index in [2.05, 4.69) is 5.32 Å². The normalized spacial score (nSPS) is 11.3. The van der Waals surface area contributed by atoms with Crippen molar-refractivity contribution >= 4 is 39.1 Å². The molecule has 9 heteroatoms. The molecule has 0 atom stereocenters. The minimum Gasteiger partial charge on any atom is -0.455 e. The summed E-state index contributed by atoms with van der Waals surface area (Å²) in [5.41, 5.74) is 2.38. The molecule has 3 aromatic rings. The van der Waals surface area contributed by atoms with Crippen molar-refractivity contribution in [1.82, 2.24) is 4.31 Å². The van der Waals surface area contributed by atoms with E-state index in [1.807, 2.05) is 37.3 Å². The Morgan fingerprint density at radius 2 is 1.70 bits per heavy atom. The van der Waals surface area contributed by atoms with Crippen LogP contribution in [0.2, 0.25) is 5.02 Å². The molecule has 0 saturated carbocycles. The minimum atomic E-state index is -3.94. The third kappa shape index (κ3) is 6.04. The number of carbonyl (C=O) groups is 1. The highest BCUT2D eigenvalue weighted by Gasteiger charge is 2.29. The van der Waals surface area contributed by atoms with Crippen LogP contribution in [0.1, 0.15) is 11.1 Å². The van der Waals surface area contributed by atoms with Gasteiger partial charge in [-0.1, -0.05) is 41.9 Å². The Balaban J connectivity index is 1.91. The van der Waals surface area contributed by atoms with Crippen LogP contribution in [0.4, 0.5) is 11.4 Å². The van der Waals surface area contributed by atoms with Gasteiger partial charge in [-0.15, -0.1) is 0 Å². The molecule has 0 aliphatic heterocycles. The third-order valence-corrected chi connectivity index (χ3v) is 6.89. The lowest BCUT2D eigenvalue weighted by molar-refractivity contribution is -0.114. The number of rotatable bonds is 8. The topological polar surface area (TPSA) is 79.0 Å². The number of hydrogen-bond acceptors (Lipinski definition) is 4. The molecule has 1 amide bonds. The van der Waals surface area contributed by atoms with Gasteiger partial charge in [0, 0.05) is 19.1 Å². The molecule has 0 fully saturated rings. The Kier molecular flexibility index (Phi) is 7.63. The van der Waals surface area contributed by atoms with E-state index in [-0.39, 0.29) is 0 Å². The van der Waals surface area contributed by atoms with E-state index < -0.39 is 22.7 Å². The number of ether oxygens (including phenoxy) is 1. The maximum absolute atomic E-state index is 13.1. The first-order valence-corrected chi connectivity index (χ1v) is 11.9. The highest BCUT2D eigenvalue weighted by molar-refractivity contribution is 7.90. The average Bonchev–Trinajstić information content (AvgIpc) is 2.76. The molecule has 0 unspecified atom stereocenters. The van der Waals surface area contributed by atoms with Crippen molar-refractivity contribution in [1.29, 1.82) is 0 Å². The molecule has 1 N–H and O–H groups in total. The molecule has 0 radical (unpaired) electrons. The lowest BCUT2D eigenvalue weighted by Crippen LogP contribution is -2.44. The fraction of sp³-hybridized carbons (Fsp3) is 0.208. The van der Waals surface area contributed by atoms with Gasteiger partial charge in [0.15, 0.2) is 5.75 Å². The van der Waals surface area contributed by atoms with Crippen molar-refractivity contribution < 1.29 is 17.9 Å². The van der Waals surface area contributed by atoms with Crippen LogP contribution >= 0.6 is 11.6 Å². The van der Waals surface area contributed by atoms with Gasteiger partial charge in [-0.25, -0.2) is 4.31 Å². The Morgan fingerprint density at radius 3 is 2.36 bits per heavy atom. The summed E-state index contributed by atoms with van der Waals surface area (Å²) in [5.74, 6) is 0.428. The number of nitrogens with zero attached hydrogens (tertiary/aromatic N) is 2. The Morgan fingerprint density at radius 1 is 1.00 bits per heavy atom. The third-order valence-electron chi connectivity index (χ3n) is 4.85. The SMILES string of the molecule is Cc1ccc(C)c(N(CC(=O)Nc2cc(Cl)ccc2Oc2ccccc2)S(=O)(=O)N(C)C)c1. The first kappa shape index (κ1) is 24.6. The fourth-order valence-corrected chi connectivity index (χ4v) is 4.39. The molecule has 7 nitrogen and oxygen atoms in total. The van der Waals surface area contributed by atoms with E-state index in [0.717, 1.165) is 19.7 Å². The largest absolute Gasteiger partial charge is 0.455 e. The molecule has 0 aromatic heterocycles. The zero-order chi connectivity index (χ0) is 24.2. The van der Waals surface area contributed by atoms with Crippen molar-refractivity contribution in [3.8, 4) is 11.5 Å². The Labute approximate surface area is 199 Å². The van der Waals surface area contributed by atoms with E-state index in [9.17, 15) is 13.2 Å². The summed E-state index contributed by atoms with van der Waals surface area (Å²) < 4.78 is 34.2. The number of para-hydroxylation sites is 1. The van der Waals surface area contributed by atoms with Gasteiger partial charge in [0.2, 0.25) is 5.91 Å². The summed E-state index contributed by atoms with van der Waals surface area (Å²) in [6.07, 6.45) is 0. The van der Waals surface area contributed by atoms with E-state index >= 15 is 0 Å². The Bertz CT molecular complexity index is 1250. The zero-order valence-corrected chi connectivity index (χ0v) is 20.4. The summed E-state index contributed by atoms with van der Waals surface area (Å²) in [5, 5.41) is 3.14. The molecular formula is C24H26ClN3O4S. The van der Waals surface area contributed by atoms with E-state index in [0.29, 0.717) is 27.9 Å². The number of benzene rings is 3. The molecule has 3 rings (SSSR count). The lowest BCUT2D eigenvalue weighted by atomic mass is 10.1. The molecule has 33 heavy (non-hydrogen) atoms. The van der Waals surface area contributed by atoms with E-state index in [1.165, 1.54) is 14.1 Å². The maximum Gasteiger partial charge on any atom is 0.304 e. The number of nitrogens with one attached hydrogen (secondary N) is 1. The number of hydrogen-bond donors (Lipinski definition) is 1. The van der Waals surface area contributed by atoms with Crippen LogP contribution in [0.15, 0.2) is 66.7 Å². The summed E-state index contributed by atoms with van der Waals surface area (Å²) in [6, 6.07) is 19.4. The molecule has 3 aromatic carbocycles. The minimum absolute atomic E-state index is 0.333. The number of anilines is 2. The number of amides is 1. The van der Waals surface area contributed by atoms with Gasteiger partial charge in [-0.2, -0.15) is 12.7 Å². The van der Waals surface area contributed by atoms with Crippen LogP contribution in [-0.4, -0.2) is 39.3 Å². The number of carbonyl (C=O) groups excluding carboxylic acids is 1. The van der Waals surface area contributed by atoms with Crippen LogP contribution in [-0.2, 0) is 15.0 Å². The second-order valence-electron chi connectivity index (χ2n) is 7.69. The van der Waals surface area contributed by atoms with Crippen LogP contribution in [0.25, 0.3) is 0 Å². The summed E-state index contributed by atoms with van der Waals surface area (Å²) in [4.78, 5) is 13.0. The zero-order valence-electron chi connectivity index (χ0n) is 18.9. The molecule has 0 aliphatic carbocycles. The highest BCUT2D eigenvalue weighted by Crippen LogP contribution is 2.32. The van der Waals surface area contributed by atoms with Crippen LogP contribution in [0, 0.1) is 13.8 Å². The number of halogens is 1. The van der Waals surface area contributed by atoms with Gasteiger partial charge in [0.1, 0.15) is 12.3 Å². The van der Waals surface area contributed by atoms with Crippen molar-refractivity contribution in [2.24, 2.45) is 0 Å². The van der Waals surface area contributed by atoms with Gasteiger partial charge in [0.25, 0.3) is 0 Å². The van der Waals surface area contributed by atoms with Gasteiger partial charge < -0.3 is 10.1 Å². The predicted molar refractivity (Wildman–Crippen MR) is 132 cm³/mol. The summed E-state index contributed by atoms with van der Waals surface area (Å²) >= 11 is 6.14. The van der Waals surface area contributed by atoms with Gasteiger partial charge >= 0.3 is 10.2 Å². The van der Waals surface area contributed by atoms with Crippen LogP contribution < -0.4 is 14.4 Å². The first-order valence-electron chi connectivity index (χ1n) is 10.2. The molecule has 0 aliphatic rings. The van der Waals surface area contributed by atoms with Gasteiger partial charge in [-0.3, -0.25) is 4.79 Å².